The lowest BCUT2D eigenvalue weighted by Gasteiger charge is -2.27. The van der Waals surface area contributed by atoms with Gasteiger partial charge in [0.05, 0.1) is 5.71 Å². The van der Waals surface area contributed by atoms with Gasteiger partial charge in [-0.25, -0.2) is 5.43 Å². The molecule has 21 heavy (non-hydrogen) atoms. The first-order chi connectivity index (χ1) is 10.3. The van der Waals surface area contributed by atoms with E-state index in [0.29, 0.717) is 6.42 Å². The van der Waals surface area contributed by atoms with Crippen molar-refractivity contribution >= 4 is 11.6 Å². The van der Waals surface area contributed by atoms with Crippen LogP contribution in [0.4, 0.5) is 0 Å². The summed E-state index contributed by atoms with van der Waals surface area (Å²) in [5.41, 5.74) is 4.47. The summed E-state index contributed by atoms with van der Waals surface area (Å²) in [6, 6.07) is 19.5. The van der Waals surface area contributed by atoms with Crippen LogP contribution in [-0.2, 0) is 10.2 Å². The highest BCUT2D eigenvalue weighted by molar-refractivity contribution is 6.24. The second kappa shape index (κ2) is 5.37. The zero-order chi connectivity index (χ0) is 14.7. The van der Waals surface area contributed by atoms with Crippen molar-refractivity contribution in [3.05, 3.63) is 84.4 Å². The Morgan fingerprint density at radius 3 is 2.29 bits per heavy atom. The number of amides is 1. The Morgan fingerprint density at radius 1 is 1.05 bits per heavy atom. The summed E-state index contributed by atoms with van der Waals surface area (Å²) in [4.78, 5) is 12.6. The zero-order valence-electron chi connectivity index (χ0n) is 11.6. The molecule has 1 aliphatic heterocycles. The van der Waals surface area contributed by atoms with E-state index < -0.39 is 5.41 Å². The van der Waals surface area contributed by atoms with Crippen molar-refractivity contribution in [2.75, 3.05) is 0 Å². The number of hydrazone groups is 1. The smallest absolute Gasteiger partial charge is 0.257 e. The Hall–Kier alpha value is -2.68. The largest absolute Gasteiger partial charge is 0.272 e. The maximum atomic E-state index is 12.6. The normalized spacial score (nSPS) is 20.8. The van der Waals surface area contributed by atoms with Crippen LogP contribution >= 0.6 is 0 Å². The van der Waals surface area contributed by atoms with Gasteiger partial charge in [0.25, 0.3) is 5.91 Å². The van der Waals surface area contributed by atoms with Crippen LogP contribution in [0.5, 0.6) is 0 Å². The van der Waals surface area contributed by atoms with E-state index in [1.54, 1.807) is 6.08 Å². The predicted octanol–water partition coefficient (Wildman–Crippen LogP) is 3.03. The molecular formula is C18H16N2O. The molecule has 2 aromatic carbocycles. The van der Waals surface area contributed by atoms with Crippen molar-refractivity contribution in [3.63, 3.8) is 0 Å². The zero-order valence-corrected chi connectivity index (χ0v) is 11.6. The Balaban J connectivity index is 2.19. The number of carbonyl (C=O) groups is 1. The van der Waals surface area contributed by atoms with Crippen molar-refractivity contribution in [2.24, 2.45) is 5.10 Å². The standard InChI is InChI=1S/C18H16N2O/c1-2-13-18(15-11-7-4-8-12-15)16(19-20-17(18)21)14-9-5-3-6-10-14/h2-12H,1,13H2,(H,20,21). The molecule has 0 saturated heterocycles. The topological polar surface area (TPSA) is 41.5 Å². The van der Waals surface area contributed by atoms with Gasteiger partial charge in [0.2, 0.25) is 0 Å². The molecule has 0 spiro atoms. The summed E-state index contributed by atoms with van der Waals surface area (Å²) >= 11 is 0. The Labute approximate surface area is 124 Å². The fourth-order valence-corrected chi connectivity index (χ4v) is 2.83. The first kappa shape index (κ1) is 13.3. The van der Waals surface area contributed by atoms with E-state index >= 15 is 0 Å². The molecule has 1 N–H and O–H groups in total. The van der Waals surface area contributed by atoms with E-state index in [1.165, 1.54) is 0 Å². The molecule has 3 rings (SSSR count). The quantitative estimate of drug-likeness (QED) is 0.857. The molecule has 1 unspecified atom stereocenters. The molecule has 104 valence electrons. The minimum absolute atomic E-state index is 0.104. The van der Waals surface area contributed by atoms with Crippen LogP contribution in [0.3, 0.4) is 0 Å². The van der Waals surface area contributed by atoms with Crippen LogP contribution in [0.1, 0.15) is 17.5 Å². The molecule has 0 aliphatic carbocycles. The highest BCUT2D eigenvalue weighted by Gasteiger charge is 2.48. The molecule has 0 bridgehead atoms. The van der Waals surface area contributed by atoms with Gasteiger partial charge >= 0.3 is 0 Å². The highest BCUT2D eigenvalue weighted by Crippen LogP contribution is 2.36. The number of nitrogens with zero attached hydrogens (tertiary/aromatic N) is 1. The van der Waals surface area contributed by atoms with Crippen molar-refractivity contribution in [1.29, 1.82) is 0 Å². The molecular weight excluding hydrogens is 260 g/mol. The molecule has 0 aromatic heterocycles. The molecule has 3 nitrogen and oxygen atoms in total. The summed E-state index contributed by atoms with van der Waals surface area (Å²) in [5, 5.41) is 4.30. The molecule has 0 radical (unpaired) electrons. The lowest BCUT2D eigenvalue weighted by molar-refractivity contribution is -0.123. The average Bonchev–Trinajstić information content (AvgIpc) is 2.87. The third kappa shape index (κ3) is 2.07. The second-order valence-corrected chi connectivity index (χ2v) is 5.03. The van der Waals surface area contributed by atoms with Crippen molar-refractivity contribution < 1.29 is 4.79 Å². The van der Waals surface area contributed by atoms with Gasteiger partial charge in [0.15, 0.2) is 0 Å². The predicted molar refractivity (Wildman–Crippen MR) is 84.1 cm³/mol. The second-order valence-electron chi connectivity index (χ2n) is 5.03. The van der Waals surface area contributed by atoms with E-state index in [1.807, 2.05) is 60.7 Å². The maximum absolute atomic E-state index is 12.6. The number of carbonyl (C=O) groups excluding carboxylic acids is 1. The molecule has 1 heterocycles. The van der Waals surface area contributed by atoms with Crippen molar-refractivity contribution in [3.8, 4) is 0 Å². The van der Waals surface area contributed by atoms with Gasteiger partial charge in [-0.3, -0.25) is 4.79 Å². The molecule has 1 atom stereocenters. The van der Waals surface area contributed by atoms with Crippen molar-refractivity contribution in [2.45, 2.75) is 11.8 Å². The van der Waals surface area contributed by atoms with Crippen LogP contribution in [0.25, 0.3) is 0 Å². The summed E-state index contributed by atoms with van der Waals surface area (Å²) in [5.74, 6) is -0.104. The third-order valence-corrected chi connectivity index (χ3v) is 3.83. The monoisotopic (exact) mass is 276 g/mol. The Kier molecular flexibility index (Phi) is 3.40. The molecule has 1 aliphatic rings. The van der Waals surface area contributed by atoms with E-state index in [0.717, 1.165) is 16.8 Å². The fraction of sp³-hybridized carbons (Fsp3) is 0.111. The maximum Gasteiger partial charge on any atom is 0.257 e. The summed E-state index contributed by atoms with van der Waals surface area (Å²) in [7, 11) is 0. The number of hydrogen-bond acceptors (Lipinski definition) is 2. The third-order valence-electron chi connectivity index (χ3n) is 3.83. The van der Waals surface area contributed by atoms with Crippen LogP contribution in [0.15, 0.2) is 78.4 Å². The lowest BCUT2D eigenvalue weighted by atomic mass is 9.71. The fourth-order valence-electron chi connectivity index (χ4n) is 2.83. The van der Waals surface area contributed by atoms with Crippen LogP contribution in [0.2, 0.25) is 0 Å². The number of benzene rings is 2. The Morgan fingerprint density at radius 2 is 1.67 bits per heavy atom. The molecule has 1 amide bonds. The van der Waals surface area contributed by atoms with Gasteiger partial charge in [-0.15, -0.1) is 6.58 Å². The summed E-state index contributed by atoms with van der Waals surface area (Å²) in [6.45, 7) is 3.82. The number of allylic oxidation sites excluding steroid dienone is 1. The summed E-state index contributed by atoms with van der Waals surface area (Å²) in [6.07, 6.45) is 2.28. The van der Waals surface area contributed by atoms with E-state index in [-0.39, 0.29) is 5.91 Å². The molecule has 2 aromatic rings. The van der Waals surface area contributed by atoms with Crippen molar-refractivity contribution in [1.82, 2.24) is 5.43 Å². The minimum atomic E-state index is -0.801. The van der Waals surface area contributed by atoms with E-state index in [4.69, 9.17) is 0 Å². The van der Waals surface area contributed by atoms with Crippen LogP contribution in [0, 0.1) is 0 Å². The van der Waals surface area contributed by atoms with E-state index in [9.17, 15) is 4.79 Å². The van der Waals surface area contributed by atoms with Gasteiger partial charge < -0.3 is 0 Å². The average molecular weight is 276 g/mol. The number of hydrogen-bond donors (Lipinski definition) is 1. The summed E-state index contributed by atoms with van der Waals surface area (Å²) < 4.78 is 0. The first-order valence-electron chi connectivity index (χ1n) is 6.89. The highest BCUT2D eigenvalue weighted by atomic mass is 16.2. The van der Waals surface area contributed by atoms with Crippen LogP contribution in [-0.4, -0.2) is 11.6 Å². The van der Waals surface area contributed by atoms with E-state index in [2.05, 4.69) is 17.1 Å². The lowest BCUT2D eigenvalue weighted by Crippen LogP contribution is -2.42. The van der Waals surface area contributed by atoms with Gasteiger partial charge in [0, 0.05) is 0 Å². The van der Waals surface area contributed by atoms with Gasteiger partial charge in [-0.05, 0) is 17.5 Å². The minimum Gasteiger partial charge on any atom is -0.272 e. The molecule has 0 fully saturated rings. The van der Waals surface area contributed by atoms with Crippen LogP contribution < -0.4 is 5.43 Å². The molecule has 0 saturated carbocycles. The van der Waals surface area contributed by atoms with Gasteiger partial charge in [0.1, 0.15) is 5.41 Å². The van der Waals surface area contributed by atoms with Gasteiger partial charge in [-0.1, -0.05) is 66.7 Å². The molecule has 3 heteroatoms. The first-order valence-corrected chi connectivity index (χ1v) is 6.89. The Bertz CT molecular complexity index is 692. The number of rotatable bonds is 4. The SMILES string of the molecule is C=CCC1(c2ccccc2)C(=O)NN=C1c1ccccc1. The van der Waals surface area contributed by atoms with Gasteiger partial charge in [-0.2, -0.15) is 5.10 Å². The number of nitrogens with one attached hydrogen (secondary N) is 1.